The summed E-state index contributed by atoms with van der Waals surface area (Å²) < 4.78 is 0. The first kappa shape index (κ1) is 18.7. The highest BCUT2D eigenvalue weighted by atomic mass is 16.2. The first-order chi connectivity index (χ1) is 10.6. The van der Waals surface area contributed by atoms with Crippen LogP contribution in [0.1, 0.15) is 72.3 Å². The Morgan fingerprint density at radius 2 is 1.73 bits per heavy atom. The lowest BCUT2D eigenvalue weighted by molar-refractivity contribution is -0.122. The molecule has 22 heavy (non-hydrogen) atoms. The number of rotatable bonds is 9. The van der Waals surface area contributed by atoms with Gasteiger partial charge in [-0.25, -0.2) is 0 Å². The molecule has 2 heteroatoms. The van der Waals surface area contributed by atoms with Gasteiger partial charge in [0, 0.05) is 17.6 Å². The molecular weight excluding hydrogens is 270 g/mol. The fourth-order valence-corrected chi connectivity index (χ4v) is 2.93. The van der Waals surface area contributed by atoms with Gasteiger partial charge >= 0.3 is 0 Å². The number of hydrogen-bond acceptors (Lipinski definition) is 1. The monoisotopic (exact) mass is 303 g/mol. The largest absolute Gasteiger partial charge is 0.309 e. The van der Waals surface area contributed by atoms with Crippen molar-refractivity contribution in [2.24, 2.45) is 5.92 Å². The van der Waals surface area contributed by atoms with Gasteiger partial charge in [-0.15, -0.1) is 0 Å². The van der Waals surface area contributed by atoms with Gasteiger partial charge in [-0.1, -0.05) is 59.6 Å². The van der Waals surface area contributed by atoms with E-state index in [-0.39, 0.29) is 11.8 Å². The first-order valence-corrected chi connectivity index (χ1v) is 9.00. The van der Waals surface area contributed by atoms with Crippen LogP contribution in [0.3, 0.4) is 0 Å². The molecule has 0 saturated heterocycles. The fourth-order valence-electron chi connectivity index (χ4n) is 2.93. The Balaban J connectivity index is 3.21. The topological polar surface area (TPSA) is 20.3 Å². The molecule has 0 radical (unpaired) electrons. The Morgan fingerprint density at radius 3 is 2.23 bits per heavy atom. The minimum Gasteiger partial charge on any atom is -0.309 e. The van der Waals surface area contributed by atoms with Gasteiger partial charge in [-0.3, -0.25) is 4.79 Å². The Bertz CT molecular complexity index is 449. The normalized spacial score (nSPS) is 12.5. The Kier molecular flexibility index (Phi) is 8.22. The smallest absolute Gasteiger partial charge is 0.230 e. The van der Waals surface area contributed by atoms with Gasteiger partial charge in [-0.05, 0) is 43.4 Å². The summed E-state index contributed by atoms with van der Waals surface area (Å²) in [5, 5.41) is 0. The van der Waals surface area contributed by atoms with Crippen molar-refractivity contribution in [3.05, 3.63) is 29.8 Å². The lowest BCUT2D eigenvalue weighted by Gasteiger charge is -2.34. The van der Waals surface area contributed by atoms with Gasteiger partial charge in [-0.2, -0.15) is 0 Å². The summed E-state index contributed by atoms with van der Waals surface area (Å²) in [6.07, 6.45) is 6.28. The third kappa shape index (κ3) is 4.86. The van der Waals surface area contributed by atoms with Gasteiger partial charge in [0.05, 0.1) is 0 Å². The SMILES string of the molecule is CCCC(CCC)N(C(=O)C(C)CC)c1cccc(CC)c1. The summed E-state index contributed by atoms with van der Waals surface area (Å²) >= 11 is 0. The molecule has 0 saturated carbocycles. The van der Waals surface area contributed by atoms with E-state index in [1.165, 1.54) is 5.56 Å². The van der Waals surface area contributed by atoms with E-state index in [1.54, 1.807) is 0 Å². The van der Waals surface area contributed by atoms with Crippen LogP contribution in [0.4, 0.5) is 5.69 Å². The molecule has 0 N–H and O–H groups in total. The third-order valence-corrected chi connectivity index (χ3v) is 4.48. The molecule has 2 nitrogen and oxygen atoms in total. The molecule has 1 rings (SSSR count). The number of aryl methyl sites for hydroxylation is 1. The highest BCUT2D eigenvalue weighted by Gasteiger charge is 2.27. The van der Waals surface area contributed by atoms with E-state index in [2.05, 4.69) is 56.9 Å². The van der Waals surface area contributed by atoms with E-state index in [4.69, 9.17) is 0 Å². The van der Waals surface area contributed by atoms with Crippen LogP contribution < -0.4 is 4.90 Å². The summed E-state index contributed by atoms with van der Waals surface area (Å²) in [7, 11) is 0. The zero-order valence-corrected chi connectivity index (χ0v) is 15.1. The van der Waals surface area contributed by atoms with Gasteiger partial charge in [0.15, 0.2) is 0 Å². The van der Waals surface area contributed by atoms with Crippen LogP contribution >= 0.6 is 0 Å². The van der Waals surface area contributed by atoms with Crippen molar-refractivity contribution in [1.29, 1.82) is 0 Å². The van der Waals surface area contributed by atoms with Crippen LogP contribution in [0, 0.1) is 5.92 Å². The molecular formula is C20H33NO. The standard InChI is InChI=1S/C20H33NO/c1-6-11-18(12-7-2)21(20(22)16(5)8-3)19-14-10-13-17(9-4)15-19/h10,13-16,18H,6-9,11-12H2,1-5H3. The van der Waals surface area contributed by atoms with E-state index < -0.39 is 0 Å². The molecule has 1 unspecified atom stereocenters. The van der Waals surface area contributed by atoms with Crippen LogP contribution in [0.2, 0.25) is 0 Å². The number of carbonyl (C=O) groups is 1. The second-order valence-corrected chi connectivity index (χ2v) is 6.27. The number of amides is 1. The average Bonchev–Trinajstić information content (AvgIpc) is 2.54. The van der Waals surface area contributed by atoms with Gasteiger partial charge in [0.2, 0.25) is 5.91 Å². The van der Waals surface area contributed by atoms with E-state index >= 15 is 0 Å². The second-order valence-electron chi connectivity index (χ2n) is 6.27. The number of hydrogen-bond donors (Lipinski definition) is 0. The summed E-state index contributed by atoms with van der Waals surface area (Å²) in [6.45, 7) is 10.7. The van der Waals surface area contributed by atoms with Crippen LogP contribution in [0.15, 0.2) is 24.3 Å². The van der Waals surface area contributed by atoms with Crippen molar-refractivity contribution in [3.8, 4) is 0 Å². The summed E-state index contributed by atoms with van der Waals surface area (Å²) in [6, 6.07) is 8.84. The lowest BCUT2D eigenvalue weighted by Crippen LogP contribution is -2.43. The van der Waals surface area contributed by atoms with E-state index in [9.17, 15) is 4.79 Å². The zero-order chi connectivity index (χ0) is 16.5. The first-order valence-electron chi connectivity index (χ1n) is 9.00. The maximum absolute atomic E-state index is 13.0. The predicted octanol–water partition coefficient (Wildman–Crippen LogP) is 5.60. The Hall–Kier alpha value is -1.31. The minimum atomic E-state index is 0.0847. The molecule has 124 valence electrons. The molecule has 0 heterocycles. The molecule has 0 aromatic heterocycles. The number of benzene rings is 1. The number of nitrogens with zero attached hydrogens (tertiary/aromatic N) is 1. The number of carbonyl (C=O) groups excluding carboxylic acids is 1. The Morgan fingerprint density at radius 1 is 1.09 bits per heavy atom. The molecule has 0 bridgehead atoms. The quantitative estimate of drug-likeness (QED) is 0.581. The van der Waals surface area contributed by atoms with Crippen molar-refractivity contribution >= 4 is 11.6 Å². The van der Waals surface area contributed by atoms with Gasteiger partial charge in [0.1, 0.15) is 0 Å². The maximum atomic E-state index is 13.0. The molecule has 0 aliphatic heterocycles. The summed E-state index contributed by atoms with van der Waals surface area (Å²) in [4.78, 5) is 15.1. The summed E-state index contributed by atoms with van der Waals surface area (Å²) in [5.74, 6) is 0.365. The minimum absolute atomic E-state index is 0.0847. The molecule has 1 atom stereocenters. The van der Waals surface area contributed by atoms with Crippen LogP contribution in [-0.4, -0.2) is 11.9 Å². The molecule has 0 aliphatic carbocycles. The van der Waals surface area contributed by atoms with E-state index in [0.29, 0.717) is 6.04 Å². The third-order valence-electron chi connectivity index (χ3n) is 4.48. The van der Waals surface area contributed by atoms with Crippen LogP contribution in [0.25, 0.3) is 0 Å². The Labute approximate surface area is 136 Å². The van der Waals surface area contributed by atoms with Crippen LogP contribution in [-0.2, 0) is 11.2 Å². The van der Waals surface area contributed by atoms with Gasteiger partial charge < -0.3 is 4.90 Å². The van der Waals surface area contributed by atoms with Gasteiger partial charge in [0.25, 0.3) is 0 Å². The number of anilines is 1. The molecule has 0 aliphatic rings. The van der Waals surface area contributed by atoms with Crippen molar-refractivity contribution in [1.82, 2.24) is 0 Å². The highest BCUT2D eigenvalue weighted by Crippen LogP contribution is 2.26. The lowest BCUT2D eigenvalue weighted by atomic mass is 9.99. The molecule has 0 fully saturated rings. The molecule has 0 spiro atoms. The highest BCUT2D eigenvalue weighted by molar-refractivity contribution is 5.95. The van der Waals surface area contributed by atoms with Crippen molar-refractivity contribution in [3.63, 3.8) is 0 Å². The predicted molar refractivity (Wildman–Crippen MR) is 96.4 cm³/mol. The molecule has 1 aromatic carbocycles. The summed E-state index contributed by atoms with van der Waals surface area (Å²) in [5.41, 5.74) is 2.38. The van der Waals surface area contributed by atoms with E-state index in [0.717, 1.165) is 44.2 Å². The average molecular weight is 303 g/mol. The molecule has 1 aromatic rings. The zero-order valence-electron chi connectivity index (χ0n) is 15.1. The maximum Gasteiger partial charge on any atom is 0.230 e. The van der Waals surface area contributed by atoms with Crippen molar-refractivity contribution < 1.29 is 4.79 Å². The van der Waals surface area contributed by atoms with E-state index in [1.807, 2.05) is 6.92 Å². The fraction of sp³-hybridized carbons (Fsp3) is 0.650. The second kappa shape index (κ2) is 9.66. The molecule has 1 amide bonds. The van der Waals surface area contributed by atoms with Crippen molar-refractivity contribution in [2.75, 3.05) is 4.90 Å². The van der Waals surface area contributed by atoms with Crippen molar-refractivity contribution in [2.45, 2.75) is 79.2 Å². The van der Waals surface area contributed by atoms with Crippen LogP contribution in [0.5, 0.6) is 0 Å².